The van der Waals surface area contributed by atoms with Gasteiger partial charge in [0.05, 0.1) is 0 Å². The van der Waals surface area contributed by atoms with Crippen LogP contribution in [-0.4, -0.2) is 35.6 Å². The summed E-state index contributed by atoms with van der Waals surface area (Å²) in [5, 5.41) is 8.63. The number of aliphatic carboxylic acids is 1. The number of carboxylic acid groups (broad SMARTS) is 1. The first-order chi connectivity index (χ1) is 9.29. The van der Waals surface area contributed by atoms with Gasteiger partial charge in [0, 0.05) is 24.2 Å². The molecule has 20 heavy (non-hydrogen) atoms. The number of nitrogens with zero attached hydrogens (tertiary/aromatic N) is 1. The minimum atomic E-state index is -4.01. The molecule has 0 saturated heterocycles. The molecule has 1 fully saturated rings. The summed E-state index contributed by atoms with van der Waals surface area (Å²) in [5.74, 6) is -4.10. The summed E-state index contributed by atoms with van der Waals surface area (Å²) in [7, 11) is -4.01. The Morgan fingerprint density at radius 2 is 2.00 bits per heavy atom. The molecule has 1 N–H and O–H groups in total. The number of carbonyl (C=O) groups is 1. The van der Waals surface area contributed by atoms with Crippen LogP contribution in [0.5, 0.6) is 0 Å². The van der Waals surface area contributed by atoms with Crippen molar-refractivity contribution in [3.8, 4) is 0 Å². The lowest BCUT2D eigenvalue weighted by molar-refractivity contribution is -0.134. The van der Waals surface area contributed by atoms with Gasteiger partial charge in [0.2, 0.25) is 10.0 Å². The zero-order valence-electron chi connectivity index (χ0n) is 10.4. The number of carboxylic acids is 1. The van der Waals surface area contributed by atoms with Gasteiger partial charge in [-0.3, -0.25) is 4.79 Å². The molecule has 110 valence electrons. The van der Waals surface area contributed by atoms with Crippen molar-refractivity contribution >= 4 is 16.0 Å². The van der Waals surface area contributed by atoms with Gasteiger partial charge in [-0.25, -0.2) is 17.2 Å². The standard InChI is InChI=1S/C12H13F2NO4S/c13-9-2-1-8(11(14)5-9)6-15(10-3-4-10)20(18,19)7-12(16)17/h1-2,5,10H,3-4,6-7H2,(H,16,17). The molecule has 0 aliphatic heterocycles. The average Bonchev–Trinajstić information content (AvgIpc) is 3.09. The van der Waals surface area contributed by atoms with E-state index in [-0.39, 0.29) is 18.2 Å². The van der Waals surface area contributed by atoms with Crippen LogP contribution in [0.15, 0.2) is 18.2 Å². The Bertz CT molecular complexity index is 628. The van der Waals surface area contributed by atoms with Gasteiger partial charge in [0.25, 0.3) is 0 Å². The van der Waals surface area contributed by atoms with Crippen molar-refractivity contribution in [2.45, 2.75) is 25.4 Å². The van der Waals surface area contributed by atoms with Crippen molar-refractivity contribution in [1.82, 2.24) is 4.31 Å². The van der Waals surface area contributed by atoms with Gasteiger partial charge < -0.3 is 5.11 Å². The van der Waals surface area contributed by atoms with Gasteiger partial charge in [-0.05, 0) is 18.9 Å². The highest BCUT2D eigenvalue weighted by molar-refractivity contribution is 7.89. The molecular formula is C12H13F2NO4S. The molecule has 5 nitrogen and oxygen atoms in total. The maximum Gasteiger partial charge on any atom is 0.320 e. The van der Waals surface area contributed by atoms with Gasteiger partial charge in [-0.2, -0.15) is 4.31 Å². The molecule has 0 spiro atoms. The quantitative estimate of drug-likeness (QED) is 0.860. The van der Waals surface area contributed by atoms with Gasteiger partial charge in [0.1, 0.15) is 11.6 Å². The van der Waals surface area contributed by atoms with E-state index < -0.39 is 33.4 Å². The minimum absolute atomic E-state index is 0.0206. The molecule has 2 rings (SSSR count). The molecule has 8 heteroatoms. The minimum Gasteiger partial charge on any atom is -0.480 e. The molecule has 1 saturated carbocycles. The molecule has 0 aromatic heterocycles. The Morgan fingerprint density at radius 1 is 1.35 bits per heavy atom. The number of benzene rings is 1. The van der Waals surface area contributed by atoms with Gasteiger partial charge in [0.15, 0.2) is 5.75 Å². The van der Waals surface area contributed by atoms with Crippen molar-refractivity contribution < 1.29 is 27.1 Å². The third kappa shape index (κ3) is 3.51. The van der Waals surface area contributed by atoms with Crippen molar-refractivity contribution in [3.63, 3.8) is 0 Å². The van der Waals surface area contributed by atoms with Crippen molar-refractivity contribution in [2.75, 3.05) is 5.75 Å². The zero-order valence-corrected chi connectivity index (χ0v) is 11.2. The molecular weight excluding hydrogens is 292 g/mol. The summed E-state index contributed by atoms with van der Waals surface area (Å²) in [6.45, 7) is -0.285. The second kappa shape index (κ2) is 5.45. The molecule has 0 unspecified atom stereocenters. The van der Waals surface area contributed by atoms with E-state index in [0.717, 1.165) is 16.4 Å². The fourth-order valence-electron chi connectivity index (χ4n) is 1.87. The molecule has 0 heterocycles. The summed E-state index contributed by atoms with van der Waals surface area (Å²) in [6.07, 6.45) is 1.23. The third-order valence-corrected chi connectivity index (χ3v) is 4.71. The van der Waals surface area contributed by atoms with Crippen LogP contribution in [-0.2, 0) is 21.4 Å². The van der Waals surface area contributed by atoms with E-state index in [2.05, 4.69) is 0 Å². The molecule has 1 aromatic rings. The van der Waals surface area contributed by atoms with E-state index in [1.807, 2.05) is 0 Å². The highest BCUT2D eigenvalue weighted by Gasteiger charge is 2.38. The summed E-state index contributed by atoms with van der Waals surface area (Å²) < 4.78 is 51.3. The Kier molecular flexibility index (Phi) is 4.05. The van der Waals surface area contributed by atoms with Crippen molar-refractivity contribution in [3.05, 3.63) is 35.4 Å². The number of rotatable bonds is 6. The fourth-order valence-corrected chi connectivity index (χ4v) is 3.35. The molecule has 1 aliphatic rings. The lowest BCUT2D eigenvalue weighted by atomic mass is 10.2. The van der Waals surface area contributed by atoms with E-state index >= 15 is 0 Å². The molecule has 0 atom stereocenters. The van der Waals surface area contributed by atoms with Crippen LogP contribution in [0.3, 0.4) is 0 Å². The lowest BCUT2D eigenvalue weighted by Crippen LogP contribution is -2.36. The number of hydrogen-bond donors (Lipinski definition) is 1. The first-order valence-corrected chi connectivity index (χ1v) is 7.56. The summed E-state index contributed by atoms with van der Waals surface area (Å²) in [6, 6.07) is 2.57. The smallest absolute Gasteiger partial charge is 0.320 e. The predicted molar refractivity (Wildman–Crippen MR) is 66.3 cm³/mol. The van der Waals surface area contributed by atoms with Crippen LogP contribution in [0.25, 0.3) is 0 Å². The summed E-state index contributed by atoms with van der Waals surface area (Å²) >= 11 is 0. The summed E-state index contributed by atoms with van der Waals surface area (Å²) in [5.41, 5.74) is 0.0206. The monoisotopic (exact) mass is 305 g/mol. The van der Waals surface area contributed by atoms with Crippen LogP contribution < -0.4 is 0 Å². The van der Waals surface area contributed by atoms with Crippen LogP contribution >= 0.6 is 0 Å². The fraction of sp³-hybridized carbons (Fsp3) is 0.417. The lowest BCUT2D eigenvalue weighted by Gasteiger charge is -2.21. The topological polar surface area (TPSA) is 74.7 Å². The van der Waals surface area contributed by atoms with Gasteiger partial charge in [-0.1, -0.05) is 6.07 Å². The van der Waals surface area contributed by atoms with E-state index in [0.29, 0.717) is 18.9 Å². The molecule has 0 radical (unpaired) electrons. The number of sulfonamides is 1. The van der Waals surface area contributed by atoms with E-state index in [1.165, 1.54) is 0 Å². The van der Waals surface area contributed by atoms with Crippen LogP contribution in [0.2, 0.25) is 0 Å². The third-order valence-electron chi connectivity index (χ3n) is 2.96. The number of hydrogen-bond acceptors (Lipinski definition) is 3. The maximum absolute atomic E-state index is 13.6. The first-order valence-electron chi connectivity index (χ1n) is 5.95. The second-order valence-electron chi connectivity index (χ2n) is 4.66. The van der Waals surface area contributed by atoms with Gasteiger partial charge >= 0.3 is 5.97 Å². The average molecular weight is 305 g/mol. The summed E-state index contributed by atoms with van der Waals surface area (Å²) in [4.78, 5) is 10.6. The van der Waals surface area contributed by atoms with Crippen LogP contribution in [0, 0.1) is 11.6 Å². The van der Waals surface area contributed by atoms with Crippen molar-refractivity contribution in [2.24, 2.45) is 0 Å². The second-order valence-corrected chi connectivity index (χ2v) is 6.58. The van der Waals surface area contributed by atoms with E-state index in [1.54, 1.807) is 0 Å². The number of halogens is 2. The van der Waals surface area contributed by atoms with Crippen LogP contribution in [0.4, 0.5) is 8.78 Å². The molecule has 0 amide bonds. The largest absolute Gasteiger partial charge is 0.480 e. The Labute approximate surface area is 114 Å². The van der Waals surface area contributed by atoms with E-state index in [9.17, 15) is 22.0 Å². The highest BCUT2D eigenvalue weighted by atomic mass is 32.2. The molecule has 1 aromatic carbocycles. The molecule has 1 aliphatic carbocycles. The Hall–Kier alpha value is -1.54. The van der Waals surface area contributed by atoms with E-state index in [4.69, 9.17) is 5.11 Å². The highest BCUT2D eigenvalue weighted by Crippen LogP contribution is 2.31. The molecule has 0 bridgehead atoms. The Morgan fingerprint density at radius 3 is 2.50 bits per heavy atom. The normalized spacial score (nSPS) is 15.6. The first kappa shape index (κ1) is 14.9. The predicted octanol–water partition coefficient (Wildman–Crippen LogP) is 1.34. The Balaban J connectivity index is 2.24. The van der Waals surface area contributed by atoms with Gasteiger partial charge in [-0.15, -0.1) is 0 Å². The van der Waals surface area contributed by atoms with Crippen LogP contribution in [0.1, 0.15) is 18.4 Å². The maximum atomic E-state index is 13.6. The van der Waals surface area contributed by atoms with Crippen molar-refractivity contribution in [1.29, 1.82) is 0 Å². The zero-order chi connectivity index (χ0) is 14.9. The SMILES string of the molecule is O=C(O)CS(=O)(=O)N(Cc1ccc(F)cc1F)C1CC1.